The number of urea groups is 1. The Kier molecular flexibility index (Phi) is 4.81. The molecule has 0 saturated heterocycles. The maximum Gasteiger partial charge on any atom is 0.407 e. The highest BCUT2D eigenvalue weighted by molar-refractivity contribution is 6.34. The largest absolute Gasteiger partial charge is 0.465 e. The van der Waals surface area contributed by atoms with E-state index in [0.29, 0.717) is 35.9 Å². The van der Waals surface area contributed by atoms with Crippen LogP contribution in [-0.2, 0) is 13.0 Å². The van der Waals surface area contributed by atoms with Crippen LogP contribution < -0.4 is 10.6 Å². The molecule has 130 valence electrons. The Morgan fingerprint density at radius 2 is 1.96 bits per heavy atom. The molecule has 0 bridgehead atoms. The van der Waals surface area contributed by atoms with E-state index < -0.39 is 6.09 Å². The summed E-state index contributed by atoms with van der Waals surface area (Å²) in [4.78, 5) is 24.6. The predicted octanol–water partition coefficient (Wildman–Crippen LogP) is 4.33. The number of amides is 3. The van der Waals surface area contributed by atoms with Crippen molar-refractivity contribution in [1.82, 2.24) is 4.90 Å². The van der Waals surface area contributed by atoms with Gasteiger partial charge in [-0.25, -0.2) is 9.59 Å². The Hall–Kier alpha value is -2.73. The monoisotopic (exact) mass is 359 g/mol. The summed E-state index contributed by atoms with van der Waals surface area (Å²) in [6.45, 7) is 2.70. The van der Waals surface area contributed by atoms with Gasteiger partial charge in [0, 0.05) is 18.8 Å². The number of aryl methyl sites for hydroxylation is 1. The van der Waals surface area contributed by atoms with Crippen LogP contribution in [0.1, 0.15) is 16.7 Å². The molecule has 0 unspecified atom stereocenters. The Bertz CT molecular complexity index is 838. The lowest BCUT2D eigenvalue weighted by Crippen LogP contribution is -2.34. The molecule has 0 aromatic heterocycles. The number of carboxylic acid groups (broad SMARTS) is 1. The minimum absolute atomic E-state index is 0.371. The second-order valence-corrected chi connectivity index (χ2v) is 6.33. The SMILES string of the molecule is Cc1cccc(NC(=O)Nc2ccc3c(c2)CCN(C(=O)O)C3)c1Cl. The number of benzene rings is 2. The lowest BCUT2D eigenvalue weighted by molar-refractivity contribution is 0.140. The number of nitrogens with one attached hydrogen (secondary N) is 2. The number of nitrogens with zero attached hydrogens (tertiary/aromatic N) is 1. The van der Waals surface area contributed by atoms with Crippen LogP contribution in [0.4, 0.5) is 21.0 Å². The number of carbonyl (C=O) groups excluding carboxylic acids is 1. The summed E-state index contributed by atoms with van der Waals surface area (Å²) < 4.78 is 0. The normalized spacial score (nSPS) is 13.1. The van der Waals surface area contributed by atoms with Gasteiger partial charge in [-0.05, 0) is 48.2 Å². The lowest BCUT2D eigenvalue weighted by atomic mass is 9.99. The van der Waals surface area contributed by atoms with Gasteiger partial charge in [-0.2, -0.15) is 0 Å². The van der Waals surface area contributed by atoms with Crippen molar-refractivity contribution in [2.75, 3.05) is 17.2 Å². The Morgan fingerprint density at radius 1 is 1.16 bits per heavy atom. The first-order valence-corrected chi connectivity index (χ1v) is 8.24. The number of fused-ring (bicyclic) bond motifs is 1. The van der Waals surface area contributed by atoms with E-state index in [4.69, 9.17) is 16.7 Å². The van der Waals surface area contributed by atoms with Gasteiger partial charge in [0.2, 0.25) is 0 Å². The van der Waals surface area contributed by atoms with Gasteiger partial charge in [0.25, 0.3) is 0 Å². The van der Waals surface area contributed by atoms with Crippen LogP contribution in [-0.4, -0.2) is 28.7 Å². The molecule has 6 nitrogen and oxygen atoms in total. The van der Waals surface area contributed by atoms with Crippen LogP contribution in [0.25, 0.3) is 0 Å². The Balaban J connectivity index is 1.68. The summed E-state index contributed by atoms with van der Waals surface area (Å²) in [6.07, 6.45) is -0.287. The maximum absolute atomic E-state index is 12.2. The molecule has 1 heterocycles. The average molecular weight is 360 g/mol. The molecule has 3 rings (SSSR count). The second kappa shape index (κ2) is 7.03. The fourth-order valence-corrected chi connectivity index (χ4v) is 3.00. The molecule has 0 radical (unpaired) electrons. The molecule has 0 spiro atoms. The van der Waals surface area contributed by atoms with Crippen molar-refractivity contribution in [1.29, 1.82) is 0 Å². The summed E-state index contributed by atoms with van der Waals surface area (Å²) in [6, 6.07) is 10.5. The molecule has 0 fully saturated rings. The van der Waals surface area contributed by atoms with E-state index >= 15 is 0 Å². The van der Waals surface area contributed by atoms with Crippen LogP contribution >= 0.6 is 11.6 Å². The molecular weight excluding hydrogens is 342 g/mol. The third-order valence-corrected chi connectivity index (χ3v) is 4.69. The first kappa shape index (κ1) is 17.1. The molecule has 7 heteroatoms. The van der Waals surface area contributed by atoms with E-state index in [1.165, 1.54) is 4.90 Å². The number of carbonyl (C=O) groups is 2. The highest BCUT2D eigenvalue weighted by Crippen LogP contribution is 2.26. The zero-order valence-corrected chi connectivity index (χ0v) is 14.4. The first-order valence-electron chi connectivity index (χ1n) is 7.87. The summed E-state index contributed by atoms with van der Waals surface area (Å²) >= 11 is 6.18. The van der Waals surface area contributed by atoms with Crippen molar-refractivity contribution in [2.45, 2.75) is 19.9 Å². The van der Waals surface area contributed by atoms with E-state index in [-0.39, 0.29) is 6.03 Å². The van der Waals surface area contributed by atoms with Crippen LogP contribution in [0.15, 0.2) is 36.4 Å². The average Bonchev–Trinajstić information content (AvgIpc) is 2.58. The fraction of sp³-hybridized carbons (Fsp3) is 0.222. The number of hydrogen-bond acceptors (Lipinski definition) is 2. The molecule has 25 heavy (non-hydrogen) atoms. The van der Waals surface area contributed by atoms with Gasteiger partial charge in [0.05, 0.1) is 10.7 Å². The minimum Gasteiger partial charge on any atom is -0.465 e. The summed E-state index contributed by atoms with van der Waals surface area (Å²) in [5, 5.41) is 15.1. The standard InChI is InChI=1S/C18H18ClN3O3/c1-11-3-2-4-15(16(11)19)21-17(23)20-14-6-5-13-10-22(18(24)25)8-7-12(13)9-14/h2-6,9H,7-8,10H2,1H3,(H,24,25)(H2,20,21,23). The highest BCUT2D eigenvalue weighted by Gasteiger charge is 2.20. The van der Waals surface area contributed by atoms with Crippen LogP contribution in [0.2, 0.25) is 5.02 Å². The van der Waals surface area contributed by atoms with Gasteiger partial charge >= 0.3 is 12.1 Å². The fourth-order valence-electron chi connectivity index (χ4n) is 2.82. The Labute approximate surface area is 150 Å². The summed E-state index contributed by atoms with van der Waals surface area (Å²) in [7, 11) is 0. The van der Waals surface area contributed by atoms with E-state index in [2.05, 4.69) is 10.6 Å². The number of rotatable bonds is 2. The van der Waals surface area contributed by atoms with Crippen molar-refractivity contribution >= 4 is 35.1 Å². The maximum atomic E-state index is 12.2. The third kappa shape index (κ3) is 3.85. The Morgan fingerprint density at radius 3 is 2.72 bits per heavy atom. The molecule has 2 aromatic carbocycles. The van der Waals surface area contributed by atoms with E-state index in [0.717, 1.165) is 16.7 Å². The number of halogens is 1. The van der Waals surface area contributed by atoms with E-state index in [9.17, 15) is 9.59 Å². The van der Waals surface area contributed by atoms with Crippen molar-refractivity contribution in [3.63, 3.8) is 0 Å². The molecule has 3 amide bonds. The molecule has 0 aliphatic carbocycles. The predicted molar refractivity (Wildman–Crippen MR) is 97.4 cm³/mol. The quantitative estimate of drug-likeness (QED) is 0.746. The smallest absolute Gasteiger partial charge is 0.407 e. The zero-order valence-electron chi connectivity index (χ0n) is 13.7. The minimum atomic E-state index is -0.915. The number of anilines is 2. The molecule has 3 N–H and O–H groups in total. The second-order valence-electron chi connectivity index (χ2n) is 5.95. The van der Waals surface area contributed by atoms with Crippen LogP contribution in [0.5, 0.6) is 0 Å². The van der Waals surface area contributed by atoms with Crippen LogP contribution in [0, 0.1) is 6.92 Å². The first-order chi connectivity index (χ1) is 11.9. The van der Waals surface area contributed by atoms with Crippen LogP contribution in [0.3, 0.4) is 0 Å². The van der Waals surface area contributed by atoms with Crippen molar-refractivity contribution in [2.24, 2.45) is 0 Å². The highest BCUT2D eigenvalue weighted by atomic mass is 35.5. The number of hydrogen-bond donors (Lipinski definition) is 3. The van der Waals surface area contributed by atoms with E-state index in [1.807, 2.05) is 31.2 Å². The van der Waals surface area contributed by atoms with Gasteiger partial charge in [0.15, 0.2) is 0 Å². The van der Waals surface area contributed by atoms with Crippen molar-refractivity contribution < 1.29 is 14.7 Å². The van der Waals surface area contributed by atoms with Gasteiger partial charge in [-0.1, -0.05) is 29.8 Å². The van der Waals surface area contributed by atoms with E-state index in [1.54, 1.807) is 12.1 Å². The van der Waals surface area contributed by atoms with Crippen molar-refractivity contribution in [3.05, 3.63) is 58.1 Å². The molecular formula is C18H18ClN3O3. The summed E-state index contributed by atoms with van der Waals surface area (Å²) in [5.74, 6) is 0. The molecule has 0 saturated carbocycles. The molecule has 0 atom stereocenters. The van der Waals surface area contributed by atoms with Crippen molar-refractivity contribution in [3.8, 4) is 0 Å². The summed E-state index contributed by atoms with van der Waals surface area (Å²) in [5.41, 5.74) is 4.10. The molecule has 1 aliphatic rings. The lowest BCUT2D eigenvalue weighted by Gasteiger charge is -2.26. The topological polar surface area (TPSA) is 81.7 Å². The molecule has 2 aromatic rings. The van der Waals surface area contributed by atoms with Gasteiger partial charge in [0.1, 0.15) is 0 Å². The van der Waals surface area contributed by atoms with Gasteiger partial charge in [-0.15, -0.1) is 0 Å². The molecule has 1 aliphatic heterocycles. The van der Waals surface area contributed by atoms with Gasteiger partial charge < -0.3 is 20.6 Å². The third-order valence-electron chi connectivity index (χ3n) is 4.19. The zero-order chi connectivity index (χ0) is 18.0. The van der Waals surface area contributed by atoms with Gasteiger partial charge in [-0.3, -0.25) is 0 Å².